The van der Waals surface area contributed by atoms with E-state index < -0.39 is 27.8 Å². The van der Waals surface area contributed by atoms with E-state index in [-0.39, 0.29) is 16.1 Å². The van der Waals surface area contributed by atoms with Gasteiger partial charge in [-0.2, -0.15) is 0 Å². The number of hydrogen-bond donors (Lipinski definition) is 3. The lowest BCUT2D eigenvalue weighted by atomic mass is 10.1. The first-order chi connectivity index (χ1) is 11.1. The van der Waals surface area contributed by atoms with Crippen LogP contribution in [-0.4, -0.2) is 14.3 Å². The van der Waals surface area contributed by atoms with Crippen LogP contribution in [0.1, 0.15) is 28.9 Å². The van der Waals surface area contributed by atoms with E-state index in [1.165, 1.54) is 18.2 Å². The van der Waals surface area contributed by atoms with E-state index in [4.69, 9.17) is 10.9 Å². The number of hydrogen-bond acceptors (Lipinski definition) is 4. The van der Waals surface area contributed by atoms with Crippen molar-refractivity contribution < 1.29 is 17.6 Å². The third-order valence-corrected chi connectivity index (χ3v) is 4.73. The molecule has 5 N–H and O–H groups in total. The van der Waals surface area contributed by atoms with Gasteiger partial charge in [-0.3, -0.25) is 4.79 Å². The zero-order chi connectivity index (χ0) is 18.1. The second-order valence-electron chi connectivity index (χ2n) is 5.16. The van der Waals surface area contributed by atoms with Gasteiger partial charge >= 0.3 is 0 Å². The minimum absolute atomic E-state index is 0.0378. The lowest BCUT2D eigenvalue weighted by Gasteiger charge is -2.19. The highest BCUT2D eigenvalue weighted by Gasteiger charge is 2.18. The van der Waals surface area contributed by atoms with Gasteiger partial charge in [0.2, 0.25) is 10.0 Å². The van der Waals surface area contributed by atoms with Gasteiger partial charge in [0.1, 0.15) is 5.82 Å². The molecule has 0 saturated heterocycles. The van der Waals surface area contributed by atoms with Crippen molar-refractivity contribution >= 4 is 37.5 Å². The van der Waals surface area contributed by atoms with Crippen molar-refractivity contribution in [3.8, 4) is 0 Å². The summed E-state index contributed by atoms with van der Waals surface area (Å²) in [4.78, 5) is 11.5. The largest absolute Gasteiger partial charge is 0.378 e. The summed E-state index contributed by atoms with van der Waals surface area (Å²) in [5.41, 5.74) is 5.75. The molecule has 0 saturated carbocycles. The van der Waals surface area contributed by atoms with Crippen molar-refractivity contribution in [1.29, 1.82) is 0 Å². The van der Waals surface area contributed by atoms with Crippen molar-refractivity contribution in [3.05, 3.63) is 57.8 Å². The van der Waals surface area contributed by atoms with Gasteiger partial charge in [0, 0.05) is 10.5 Å². The number of amides is 1. The van der Waals surface area contributed by atoms with E-state index in [0.29, 0.717) is 10.0 Å². The smallest absolute Gasteiger partial charge is 0.253 e. The molecular weight excluding hydrogens is 401 g/mol. The Balaban J connectivity index is 2.41. The van der Waals surface area contributed by atoms with Crippen LogP contribution in [0.2, 0.25) is 0 Å². The fraction of sp³-hybridized carbons (Fsp3) is 0.133. The highest BCUT2D eigenvalue weighted by atomic mass is 79.9. The number of nitrogens with two attached hydrogens (primary N) is 2. The third kappa shape index (κ3) is 4.11. The molecule has 0 aliphatic heterocycles. The zero-order valence-electron chi connectivity index (χ0n) is 12.6. The van der Waals surface area contributed by atoms with Gasteiger partial charge in [-0.1, -0.05) is 28.1 Å². The number of primary sulfonamides is 1. The summed E-state index contributed by atoms with van der Waals surface area (Å²) in [6.07, 6.45) is 0. The highest BCUT2D eigenvalue weighted by Crippen LogP contribution is 2.28. The molecular formula is C15H15BrFN3O3S. The normalized spacial score (nSPS) is 12.7. The minimum atomic E-state index is -3.84. The van der Waals surface area contributed by atoms with E-state index >= 15 is 0 Å². The summed E-state index contributed by atoms with van der Waals surface area (Å²) in [7, 11) is -3.84. The monoisotopic (exact) mass is 415 g/mol. The molecule has 1 atom stereocenters. The molecule has 0 bridgehead atoms. The Hall–Kier alpha value is -1.97. The van der Waals surface area contributed by atoms with Crippen LogP contribution >= 0.6 is 15.9 Å². The standard InChI is InChI=1S/C15H15BrFN3O3S/c1-8(9-3-2-4-11(5-9)24(19,22)23)20-13-7-10(16)6-12(17)14(13)15(18)21/h2-8,20H,1H3,(H2,18,21)(H2,19,22,23). The second-order valence-corrected chi connectivity index (χ2v) is 7.64. The van der Waals surface area contributed by atoms with Gasteiger partial charge in [-0.25, -0.2) is 17.9 Å². The maximum Gasteiger partial charge on any atom is 0.253 e. The first kappa shape index (κ1) is 18.4. The molecule has 1 unspecified atom stereocenters. The molecule has 9 heteroatoms. The number of anilines is 1. The zero-order valence-corrected chi connectivity index (χ0v) is 15.0. The van der Waals surface area contributed by atoms with E-state index in [0.717, 1.165) is 6.07 Å². The predicted octanol–water partition coefficient (Wildman–Crippen LogP) is 2.51. The molecule has 6 nitrogen and oxygen atoms in total. The minimum Gasteiger partial charge on any atom is -0.378 e. The summed E-state index contributed by atoms with van der Waals surface area (Å²) in [5, 5.41) is 8.08. The molecule has 0 radical (unpaired) electrons. The Morgan fingerprint density at radius 2 is 1.96 bits per heavy atom. The number of nitrogens with one attached hydrogen (secondary N) is 1. The molecule has 0 heterocycles. The van der Waals surface area contributed by atoms with E-state index in [1.807, 2.05) is 0 Å². The van der Waals surface area contributed by atoms with Crippen LogP contribution in [0.3, 0.4) is 0 Å². The van der Waals surface area contributed by atoms with Crippen molar-refractivity contribution in [2.24, 2.45) is 10.9 Å². The molecule has 0 aliphatic rings. The van der Waals surface area contributed by atoms with Crippen molar-refractivity contribution in [2.45, 2.75) is 17.9 Å². The van der Waals surface area contributed by atoms with Crippen LogP contribution in [0.5, 0.6) is 0 Å². The van der Waals surface area contributed by atoms with Gasteiger partial charge in [0.25, 0.3) is 5.91 Å². The lowest BCUT2D eigenvalue weighted by molar-refractivity contribution is 0.0997. The highest BCUT2D eigenvalue weighted by molar-refractivity contribution is 9.10. The number of primary amides is 1. The van der Waals surface area contributed by atoms with E-state index in [2.05, 4.69) is 21.2 Å². The SMILES string of the molecule is CC(Nc1cc(Br)cc(F)c1C(N)=O)c1cccc(S(N)(=O)=O)c1. The molecule has 24 heavy (non-hydrogen) atoms. The van der Waals surface area contributed by atoms with Gasteiger partial charge < -0.3 is 11.1 Å². The summed E-state index contributed by atoms with van der Waals surface area (Å²) >= 11 is 3.15. The van der Waals surface area contributed by atoms with Gasteiger partial charge in [-0.15, -0.1) is 0 Å². The molecule has 0 aliphatic carbocycles. The Morgan fingerprint density at radius 3 is 2.54 bits per heavy atom. The van der Waals surface area contributed by atoms with Crippen LogP contribution in [0.4, 0.5) is 10.1 Å². The Morgan fingerprint density at radius 1 is 1.29 bits per heavy atom. The lowest BCUT2D eigenvalue weighted by Crippen LogP contribution is -2.18. The number of halogens is 2. The van der Waals surface area contributed by atoms with E-state index in [9.17, 15) is 17.6 Å². The Bertz CT molecular complexity index is 903. The number of carbonyl (C=O) groups is 1. The van der Waals surface area contributed by atoms with Gasteiger partial charge in [0.15, 0.2) is 0 Å². The Kier molecular flexibility index (Phi) is 5.26. The van der Waals surface area contributed by atoms with Crippen LogP contribution in [-0.2, 0) is 10.0 Å². The van der Waals surface area contributed by atoms with Crippen LogP contribution in [0, 0.1) is 5.82 Å². The average Bonchev–Trinajstić information content (AvgIpc) is 2.45. The predicted molar refractivity (Wildman–Crippen MR) is 92.5 cm³/mol. The topological polar surface area (TPSA) is 115 Å². The maximum absolute atomic E-state index is 14.0. The number of carbonyl (C=O) groups excluding carboxylic acids is 1. The molecule has 0 fully saturated rings. The third-order valence-electron chi connectivity index (χ3n) is 3.36. The maximum atomic E-state index is 14.0. The fourth-order valence-electron chi connectivity index (χ4n) is 2.22. The number of benzene rings is 2. The quantitative estimate of drug-likeness (QED) is 0.695. The van der Waals surface area contributed by atoms with Gasteiger partial charge in [0.05, 0.1) is 16.1 Å². The molecule has 0 spiro atoms. The first-order valence-electron chi connectivity index (χ1n) is 6.77. The molecule has 2 rings (SSSR count). The van der Waals surface area contributed by atoms with Gasteiger partial charge in [-0.05, 0) is 36.8 Å². The number of rotatable bonds is 5. The average molecular weight is 416 g/mol. The fourth-order valence-corrected chi connectivity index (χ4v) is 3.21. The first-order valence-corrected chi connectivity index (χ1v) is 9.11. The summed E-state index contributed by atoms with van der Waals surface area (Å²) in [6, 6.07) is 8.23. The van der Waals surface area contributed by atoms with Crippen LogP contribution in [0.15, 0.2) is 45.8 Å². The number of sulfonamides is 1. The molecule has 2 aromatic carbocycles. The van der Waals surface area contributed by atoms with Crippen LogP contribution in [0.25, 0.3) is 0 Å². The van der Waals surface area contributed by atoms with Crippen LogP contribution < -0.4 is 16.2 Å². The molecule has 0 aromatic heterocycles. The summed E-state index contributed by atoms with van der Waals surface area (Å²) < 4.78 is 37.3. The summed E-state index contributed by atoms with van der Waals surface area (Å²) in [6.45, 7) is 1.73. The molecule has 128 valence electrons. The van der Waals surface area contributed by atoms with Crippen molar-refractivity contribution in [1.82, 2.24) is 0 Å². The second kappa shape index (κ2) is 6.88. The Labute approximate surface area is 147 Å². The van der Waals surface area contributed by atoms with Crippen molar-refractivity contribution in [2.75, 3.05) is 5.32 Å². The van der Waals surface area contributed by atoms with Crippen molar-refractivity contribution in [3.63, 3.8) is 0 Å². The van der Waals surface area contributed by atoms with E-state index in [1.54, 1.807) is 19.1 Å². The molecule has 2 aromatic rings. The molecule has 1 amide bonds. The summed E-state index contributed by atoms with van der Waals surface area (Å²) in [5.74, 6) is -1.67.